The van der Waals surface area contributed by atoms with Crippen molar-refractivity contribution >= 4 is 26.0 Å². The zero-order valence-electron chi connectivity index (χ0n) is 17.4. The zero-order valence-corrected chi connectivity index (χ0v) is 19.1. The van der Waals surface area contributed by atoms with Crippen molar-refractivity contribution < 1.29 is 31.1 Å². The summed E-state index contributed by atoms with van der Waals surface area (Å²) in [6.07, 6.45) is 0.249. The predicted molar refractivity (Wildman–Crippen MR) is 112 cm³/mol. The van der Waals surface area contributed by atoms with Gasteiger partial charge in [0.15, 0.2) is 0 Å². The molecule has 0 atom stereocenters. The first-order chi connectivity index (χ1) is 14.1. The van der Waals surface area contributed by atoms with E-state index in [-0.39, 0.29) is 29.6 Å². The van der Waals surface area contributed by atoms with Crippen LogP contribution in [0.3, 0.4) is 0 Å². The first-order valence-corrected chi connectivity index (χ1v) is 12.5. The Labute approximate surface area is 181 Å². The van der Waals surface area contributed by atoms with Crippen LogP contribution in [0.4, 0.5) is 4.79 Å². The number of sulfonamides is 1. The second-order valence-corrected chi connectivity index (χ2v) is 11.2. The van der Waals surface area contributed by atoms with Crippen LogP contribution in [0.5, 0.6) is 11.6 Å². The number of hydrogen-bond acceptors (Lipinski definition) is 9. The average Bonchev–Trinajstić information content (AvgIpc) is 2.58. The van der Waals surface area contributed by atoms with E-state index in [1.165, 1.54) is 30.3 Å². The molecule has 1 aromatic heterocycles. The van der Waals surface area contributed by atoms with Gasteiger partial charge in [-0.05, 0) is 38.5 Å². The molecular formula is C18H24N4O7S2. The molecule has 170 valence electrons. The van der Waals surface area contributed by atoms with Crippen molar-refractivity contribution in [2.75, 3.05) is 6.26 Å². The number of sulfone groups is 1. The van der Waals surface area contributed by atoms with Gasteiger partial charge in [-0.1, -0.05) is 12.1 Å². The van der Waals surface area contributed by atoms with Crippen LogP contribution in [-0.4, -0.2) is 44.8 Å². The second kappa shape index (κ2) is 9.16. The fourth-order valence-corrected chi connectivity index (χ4v) is 3.44. The minimum absolute atomic E-state index is 0.0735. The number of rotatable bonds is 7. The Morgan fingerprint density at radius 3 is 2.23 bits per heavy atom. The van der Waals surface area contributed by atoms with Gasteiger partial charge in [-0.15, -0.1) is 0 Å². The standard InChI is InChI=1S/C18H24N4O7S2/c1-18(2,3)29-17(23)20-10-13-9-15(22-16(21-13)30(4,24)25)28-14-7-5-12(6-8-14)11-31(19,26)27/h5-9H,10-11H2,1-4H3,(H,20,23)(H2,19,26,27). The van der Waals surface area contributed by atoms with Gasteiger partial charge in [0.25, 0.3) is 0 Å². The average molecular weight is 473 g/mol. The molecule has 0 aliphatic carbocycles. The molecule has 2 aromatic rings. The molecule has 13 heteroatoms. The number of nitrogens with one attached hydrogen (secondary N) is 1. The summed E-state index contributed by atoms with van der Waals surface area (Å²) in [6, 6.07) is 7.35. The van der Waals surface area contributed by atoms with Crippen molar-refractivity contribution in [2.45, 2.75) is 43.8 Å². The fourth-order valence-electron chi connectivity index (χ4n) is 2.24. The van der Waals surface area contributed by atoms with Crippen LogP contribution in [0.2, 0.25) is 0 Å². The lowest BCUT2D eigenvalue weighted by molar-refractivity contribution is 0.0522. The lowest BCUT2D eigenvalue weighted by atomic mass is 10.2. The van der Waals surface area contributed by atoms with Gasteiger partial charge in [-0.25, -0.2) is 31.8 Å². The van der Waals surface area contributed by atoms with E-state index in [1.807, 2.05) is 0 Å². The summed E-state index contributed by atoms with van der Waals surface area (Å²) in [6.45, 7) is 5.00. The minimum Gasteiger partial charge on any atom is -0.444 e. The Balaban J connectivity index is 2.22. The number of aromatic nitrogens is 2. The summed E-state index contributed by atoms with van der Waals surface area (Å²) in [4.78, 5) is 19.7. The van der Waals surface area contributed by atoms with Crippen molar-refractivity contribution in [3.05, 3.63) is 41.6 Å². The van der Waals surface area contributed by atoms with E-state index in [0.29, 0.717) is 5.56 Å². The Hall–Kier alpha value is -2.77. The predicted octanol–water partition coefficient (Wildman–Crippen LogP) is 1.49. The van der Waals surface area contributed by atoms with Gasteiger partial charge < -0.3 is 14.8 Å². The SMILES string of the molecule is CC(C)(C)OC(=O)NCc1cc(Oc2ccc(CS(N)(=O)=O)cc2)nc(S(C)(=O)=O)n1. The molecule has 0 fully saturated rings. The molecule has 0 radical (unpaired) electrons. The molecule has 0 aliphatic heterocycles. The van der Waals surface area contributed by atoms with Crippen LogP contribution in [-0.2, 0) is 36.9 Å². The summed E-state index contributed by atoms with van der Waals surface area (Å²) in [5, 5.41) is 7.02. The molecule has 0 bridgehead atoms. The molecular weight excluding hydrogens is 448 g/mol. The Morgan fingerprint density at radius 2 is 1.71 bits per heavy atom. The summed E-state index contributed by atoms with van der Waals surface area (Å²) >= 11 is 0. The van der Waals surface area contributed by atoms with Crippen LogP contribution >= 0.6 is 0 Å². The number of nitrogens with two attached hydrogens (primary N) is 1. The molecule has 2 rings (SSSR count). The molecule has 3 N–H and O–H groups in total. The van der Waals surface area contributed by atoms with Gasteiger partial charge in [0.1, 0.15) is 11.4 Å². The number of benzene rings is 1. The highest BCUT2D eigenvalue weighted by Gasteiger charge is 2.18. The van der Waals surface area contributed by atoms with E-state index in [9.17, 15) is 21.6 Å². The van der Waals surface area contributed by atoms with E-state index in [2.05, 4.69) is 15.3 Å². The van der Waals surface area contributed by atoms with Gasteiger partial charge in [0.2, 0.25) is 30.9 Å². The molecule has 1 amide bonds. The molecule has 0 unspecified atom stereocenters. The summed E-state index contributed by atoms with van der Waals surface area (Å²) in [5.41, 5.74) is -0.0594. The molecule has 0 saturated heterocycles. The Morgan fingerprint density at radius 1 is 1.10 bits per heavy atom. The quantitative estimate of drug-likeness (QED) is 0.567. The maximum Gasteiger partial charge on any atom is 0.407 e. The third kappa shape index (κ3) is 8.86. The van der Waals surface area contributed by atoms with E-state index in [0.717, 1.165) is 6.26 Å². The van der Waals surface area contributed by atoms with Crippen molar-refractivity contribution in [2.24, 2.45) is 5.14 Å². The molecule has 31 heavy (non-hydrogen) atoms. The third-order valence-electron chi connectivity index (χ3n) is 3.39. The lowest BCUT2D eigenvalue weighted by Crippen LogP contribution is -2.32. The van der Waals surface area contributed by atoms with Crippen molar-refractivity contribution in [1.29, 1.82) is 0 Å². The van der Waals surface area contributed by atoms with Crippen molar-refractivity contribution in [1.82, 2.24) is 15.3 Å². The maximum atomic E-state index is 11.9. The van der Waals surface area contributed by atoms with E-state index < -0.39 is 36.7 Å². The summed E-state index contributed by atoms with van der Waals surface area (Å²) in [7, 11) is -7.44. The van der Waals surface area contributed by atoms with Gasteiger partial charge in [-0.3, -0.25) is 0 Å². The molecule has 1 heterocycles. The third-order valence-corrected chi connectivity index (χ3v) is 4.97. The maximum absolute atomic E-state index is 11.9. The number of ether oxygens (including phenoxy) is 2. The highest BCUT2D eigenvalue weighted by Crippen LogP contribution is 2.22. The highest BCUT2D eigenvalue weighted by molar-refractivity contribution is 7.90. The van der Waals surface area contributed by atoms with Crippen LogP contribution in [0, 0.1) is 0 Å². The number of hydrogen-bond donors (Lipinski definition) is 2. The first-order valence-electron chi connectivity index (χ1n) is 8.93. The van der Waals surface area contributed by atoms with Crippen LogP contribution in [0.25, 0.3) is 0 Å². The van der Waals surface area contributed by atoms with Gasteiger partial charge in [-0.2, -0.15) is 4.98 Å². The molecule has 11 nitrogen and oxygen atoms in total. The minimum atomic E-state index is -3.76. The molecule has 0 spiro atoms. The topological polar surface area (TPSA) is 168 Å². The van der Waals surface area contributed by atoms with Gasteiger partial charge in [0, 0.05) is 12.3 Å². The molecule has 0 aliphatic rings. The zero-order chi connectivity index (χ0) is 23.4. The number of alkyl carbamates (subject to hydrolysis) is 1. The van der Waals surface area contributed by atoms with Crippen molar-refractivity contribution in [3.8, 4) is 11.6 Å². The fraction of sp³-hybridized carbons (Fsp3) is 0.389. The molecule has 1 aromatic carbocycles. The molecule has 0 saturated carbocycles. The van der Waals surface area contributed by atoms with Crippen LogP contribution < -0.4 is 15.2 Å². The van der Waals surface area contributed by atoms with E-state index >= 15 is 0 Å². The monoisotopic (exact) mass is 472 g/mol. The number of nitrogens with zero attached hydrogens (tertiary/aromatic N) is 2. The number of carbonyl (C=O) groups is 1. The van der Waals surface area contributed by atoms with Crippen molar-refractivity contribution in [3.63, 3.8) is 0 Å². The first kappa shape index (κ1) is 24.5. The second-order valence-electron chi connectivity index (χ2n) is 7.66. The summed E-state index contributed by atoms with van der Waals surface area (Å²) in [5.74, 6) is -0.127. The van der Waals surface area contributed by atoms with E-state index in [4.69, 9.17) is 14.6 Å². The Bertz CT molecular complexity index is 1160. The largest absolute Gasteiger partial charge is 0.444 e. The number of primary sulfonamides is 1. The highest BCUT2D eigenvalue weighted by atomic mass is 32.2. The number of carbonyl (C=O) groups excluding carboxylic acids is 1. The van der Waals surface area contributed by atoms with Gasteiger partial charge >= 0.3 is 6.09 Å². The lowest BCUT2D eigenvalue weighted by Gasteiger charge is -2.19. The Kier molecular flexibility index (Phi) is 7.24. The smallest absolute Gasteiger partial charge is 0.407 e. The van der Waals surface area contributed by atoms with Crippen LogP contribution in [0.1, 0.15) is 32.0 Å². The summed E-state index contributed by atoms with van der Waals surface area (Å²) < 4.78 is 56.9. The number of amides is 1. The van der Waals surface area contributed by atoms with Gasteiger partial charge in [0.05, 0.1) is 18.0 Å². The van der Waals surface area contributed by atoms with E-state index in [1.54, 1.807) is 20.8 Å². The normalized spacial score (nSPS) is 12.3. The van der Waals surface area contributed by atoms with Crippen LogP contribution in [0.15, 0.2) is 35.5 Å².